The van der Waals surface area contributed by atoms with Gasteiger partial charge in [0.25, 0.3) is 0 Å². The van der Waals surface area contributed by atoms with Crippen LogP contribution in [0.2, 0.25) is 15.1 Å². The summed E-state index contributed by atoms with van der Waals surface area (Å²) in [6.45, 7) is 0. The Bertz CT molecular complexity index is 538. The zero-order valence-corrected chi connectivity index (χ0v) is 10.4. The molecule has 82 valence electrons. The zero-order valence-electron chi connectivity index (χ0n) is 8.18. The van der Waals surface area contributed by atoms with E-state index in [0.717, 1.165) is 11.1 Å². The average molecular weight is 273 g/mol. The highest BCUT2D eigenvalue weighted by Crippen LogP contribution is 2.33. The van der Waals surface area contributed by atoms with Gasteiger partial charge in [-0.25, -0.2) is 0 Å². The number of anilines is 1. The van der Waals surface area contributed by atoms with Crippen LogP contribution in [0, 0.1) is 0 Å². The summed E-state index contributed by atoms with van der Waals surface area (Å²) in [5.41, 5.74) is 8.07. The largest absolute Gasteiger partial charge is 0.398 e. The van der Waals surface area contributed by atoms with Gasteiger partial charge in [-0.3, -0.25) is 0 Å². The third-order valence-corrected chi connectivity index (χ3v) is 3.13. The molecule has 0 amide bonds. The molecule has 2 aromatic rings. The molecule has 0 bridgehead atoms. The van der Waals surface area contributed by atoms with Crippen LogP contribution in [0.5, 0.6) is 0 Å². The molecule has 0 spiro atoms. The van der Waals surface area contributed by atoms with Crippen LogP contribution in [0.1, 0.15) is 0 Å². The standard InChI is InChI=1S/C12H8Cl3N/c13-8-2-3-9(11(15)6-8)7-1-4-10(14)12(16)5-7/h1-6H,16H2. The molecule has 1 nitrogen and oxygen atoms in total. The van der Waals surface area contributed by atoms with E-state index in [2.05, 4.69) is 0 Å². The van der Waals surface area contributed by atoms with Gasteiger partial charge in [0.2, 0.25) is 0 Å². The predicted octanol–water partition coefficient (Wildman–Crippen LogP) is 4.90. The van der Waals surface area contributed by atoms with Gasteiger partial charge in [-0.05, 0) is 29.8 Å². The molecule has 0 atom stereocenters. The van der Waals surface area contributed by atoms with E-state index in [1.165, 1.54) is 0 Å². The summed E-state index contributed by atoms with van der Waals surface area (Å²) in [5, 5.41) is 1.73. The van der Waals surface area contributed by atoms with Crippen molar-refractivity contribution in [3.63, 3.8) is 0 Å². The summed E-state index contributed by atoms with van der Waals surface area (Å²) >= 11 is 17.8. The molecule has 16 heavy (non-hydrogen) atoms. The molecule has 0 aromatic heterocycles. The summed E-state index contributed by atoms with van der Waals surface area (Å²) < 4.78 is 0. The summed E-state index contributed by atoms with van der Waals surface area (Å²) in [4.78, 5) is 0. The molecule has 0 unspecified atom stereocenters. The average Bonchev–Trinajstić information content (AvgIpc) is 2.22. The van der Waals surface area contributed by atoms with E-state index in [4.69, 9.17) is 40.5 Å². The van der Waals surface area contributed by atoms with Gasteiger partial charge >= 0.3 is 0 Å². The smallest absolute Gasteiger partial charge is 0.0635 e. The predicted molar refractivity (Wildman–Crippen MR) is 71.3 cm³/mol. The van der Waals surface area contributed by atoms with E-state index in [1.54, 1.807) is 24.3 Å². The monoisotopic (exact) mass is 271 g/mol. The molecule has 0 heterocycles. The first-order valence-electron chi connectivity index (χ1n) is 4.58. The number of rotatable bonds is 1. The van der Waals surface area contributed by atoms with Gasteiger partial charge < -0.3 is 5.73 Å². The van der Waals surface area contributed by atoms with Crippen molar-refractivity contribution in [1.82, 2.24) is 0 Å². The van der Waals surface area contributed by atoms with Crippen molar-refractivity contribution >= 4 is 40.5 Å². The van der Waals surface area contributed by atoms with Gasteiger partial charge in [-0.2, -0.15) is 0 Å². The fourth-order valence-corrected chi connectivity index (χ4v) is 2.07. The van der Waals surface area contributed by atoms with Crippen molar-refractivity contribution in [1.29, 1.82) is 0 Å². The SMILES string of the molecule is Nc1cc(-c2ccc(Cl)cc2Cl)ccc1Cl. The Labute approximate surface area is 109 Å². The Morgan fingerprint density at radius 3 is 2.19 bits per heavy atom. The van der Waals surface area contributed by atoms with E-state index < -0.39 is 0 Å². The first kappa shape index (κ1) is 11.6. The van der Waals surface area contributed by atoms with Crippen LogP contribution < -0.4 is 5.73 Å². The highest BCUT2D eigenvalue weighted by molar-refractivity contribution is 6.36. The Kier molecular flexibility index (Phi) is 3.29. The van der Waals surface area contributed by atoms with Gasteiger partial charge in [0.15, 0.2) is 0 Å². The minimum atomic E-state index is 0.533. The van der Waals surface area contributed by atoms with Crippen LogP contribution in [0.3, 0.4) is 0 Å². The molecule has 0 aliphatic rings. The van der Waals surface area contributed by atoms with Crippen molar-refractivity contribution in [2.24, 2.45) is 0 Å². The first-order valence-corrected chi connectivity index (χ1v) is 5.72. The van der Waals surface area contributed by atoms with Crippen LogP contribution >= 0.6 is 34.8 Å². The Morgan fingerprint density at radius 1 is 0.812 bits per heavy atom. The number of hydrogen-bond donors (Lipinski definition) is 1. The molecular weight excluding hydrogens is 264 g/mol. The van der Waals surface area contributed by atoms with Crippen molar-refractivity contribution in [3.05, 3.63) is 51.5 Å². The topological polar surface area (TPSA) is 26.0 Å². The molecular formula is C12H8Cl3N. The van der Waals surface area contributed by atoms with E-state index in [0.29, 0.717) is 20.8 Å². The third kappa shape index (κ3) is 2.27. The quantitative estimate of drug-likeness (QED) is 0.734. The molecule has 0 aliphatic heterocycles. The maximum atomic E-state index is 6.10. The normalized spacial score (nSPS) is 10.4. The molecule has 0 saturated carbocycles. The lowest BCUT2D eigenvalue weighted by molar-refractivity contribution is 1.61. The van der Waals surface area contributed by atoms with Crippen LogP contribution in [-0.2, 0) is 0 Å². The van der Waals surface area contributed by atoms with E-state index >= 15 is 0 Å². The van der Waals surface area contributed by atoms with Crippen LogP contribution in [0.25, 0.3) is 11.1 Å². The Morgan fingerprint density at radius 2 is 1.56 bits per heavy atom. The summed E-state index contributed by atoms with van der Waals surface area (Å²) in [5.74, 6) is 0. The minimum absolute atomic E-state index is 0.533. The van der Waals surface area contributed by atoms with E-state index in [9.17, 15) is 0 Å². The molecule has 0 fully saturated rings. The summed E-state index contributed by atoms with van der Waals surface area (Å²) in [6.07, 6.45) is 0. The fourth-order valence-electron chi connectivity index (χ4n) is 1.43. The lowest BCUT2D eigenvalue weighted by Crippen LogP contribution is -1.87. The molecule has 2 aromatic carbocycles. The van der Waals surface area contributed by atoms with Gasteiger partial charge in [0.1, 0.15) is 0 Å². The van der Waals surface area contributed by atoms with Crippen molar-refractivity contribution in [2.45, 2.75) is 0 Å². The van der Waals surface area contributed by atoms with Crippen molar-refractivity contribution in [3.8, 4) is 11.1 Å². The van der Waals surface area contributed by atoms with Gasteiger partial charge in [-0.1, -0.05) is 46.9 Å². The van der Waals surface area contributed by atoms with Crippen molar-refractivity contribution in [2.75, 3.05) is 5.73 Å². The molecule has 2 rings (SSSR count). The Balaban J connectivity index is 2.54. The number of hydrogen-bond acceptors (Lipinski definition) is 1. The second-order valence-corrected chi connectivity index (χ2v) is 4.61. The van der Waals surface area contributed by atoms with Gasteiger partial charge in [0.05, 0.1) is 10.7 Å². The molecule has 4 heteroatoms. The Hall–Kier alpha value is -0.890. The first-order chi connectivity index (χ1) is 7.58. The number of halogens is 3. The lowest BCUT2D eigenvalue weighted by Gasteiger charge is -2.06. The van der Waals surface area contributed by atoms with Crippen LogP contribution in [0.15, 0.2) is 36.4 Å². The maximum absolute atomic E-state index is 6.10. The second-order valence-electron chi connectivity index (χ2n) is 3.36. The highest BCUT2D eigenvalue weighted by atomic mass is 35.5. The van der Waals surface area contributed by atoms with Crippen LogP contribution in [-0.4, -0.2) is 0 Å². The van der Waals surface area contributed by atoms with E-state index in [1.807, 2.05) is 12.1 Å². The summed E-state index contributed by atoms with van der Waals surface area (Å²) in [6, 6.07) is 10.7. The molecule has 0 aliphatic carbocycles. The molecule has 2 N–H and O–H groups in total. The summed E-state index contributed by atoms with van der Waals surface area (Å²) in [7, 11) is 0. The van der Waals surface area contributed by atoms with Crippen LogP contribution in [0.4, 0.5) is 5.69 Å². The minimum Gasteiger partial charge on any atom is -0.398 e. The van der Waals surface area contributed by atoms with Gasteiger partial charge in [-0.15, -0.1) is 0 Å². The number of benzene rings is 2. The number of nitrogens with two attached hydrogens (primary N) is 1. The lowest BCUT2D eigenvalue weighted by atomic mass is 10.1. The third-order valence-electron chi connectivity index (χ3n) is 2.24. The maximum Gasteiger partial charge on any atom is 0.0635 e. The fraction of sp³-hybridized carbons (Fsp3) is 0. The molecule has 0 radical (unpaired) electrons. The van der Waals surface area contributed by atoms with Gasteiger partial charge in [0, 0.05) is 15.6 Å². The second kappa shape index (κ2) is 4.54. The zero-order chi connectivity index (χ0) is 11.7. The molecule has 0 saturated heterocycles. The van der Waals surface area contributed by atoms with E-state index in [-0.39, 0.29) is 0 Å². The highest BCUT2D eigenvalue weighted by Gasteiger charge is 2.05. The number of nitrogen functional groups attached to an aromatic ring is 1. The van der Waals surface area contributed by atoms with Crippen molar-refractivity contribution < 1.29 is 0 Å².